The number of carbonyl (C=O) groups is 1. The first-order chi connectivity index (χ1) is 15.1. The number of allylic oxidation sites excluding steroid dienone is 1. The van der Waals surface area contributed by atoms with E-state index in [1.807, 2.05) is 48.5 Å². The van der Waals surface area contributed by atoms with E-state index in [2.05, 4.69) is 40.1 Å². The van der Waals surface area contributed by atoms with Crippen LogP contribution in [0.25, 0.3) is 11.0 Å². The highest BCUT2D eigenvalue weighted by Crippen LogP contribution is 2.25. The highest BCUT2D eigenvalue weighted by atomic mass is 32.2. The van der Waals surface area contributed by atoms with E-state index in [0.717, 1.165) is 59.8 Å². The van der Waals surface area contributed by atoms with Gasteiger partial charge in [0.2, 0.25) is 0 Å². The maximum Gasteiger partial charge on any atom is 0.251 e. The van der Waals surface area contributed by atoms with Crippen molar-refractivity contribution in [2.75, 3.05) is 19.6 Å². The molecule has 5 nitrogen and oxygen atoms in total. The largest absolute Gasteiger partial charge is 0.349 e. The monoisotopic (exact) mass is 434 g/mol. The molecule has 0 bridgehead atoms. The molecular formula is C25H30N4OS. The van der Waals surface area contributed by atoms with Gasteiger partial charge >= 0.3 is 0 Å². The van der Waals surface area contributed by atoms with Crippen LogP contribution in [0.5, 0.6) is 0 Å². The summed E-state index contributed by atoms with van der Waals surface area (Å²) in [6, 6.07) is 16.1. The number of para-hydroxylation sites is 2. The maximum atomic E-state index is 13.0. The molecule has 2 heterocycles. The van der Waals surface area contributed by atoms with Gasteiger partial charge in [-0.05, 0) is 50.5 Å². The van der Waals surface area contributed by atoms with Crippen molar-refractivity contribution in [1.29, 1.82) is 0 Å². The molecule has 0 aliphatic carbocycles. The molecule has 0 spiro atoms. The van der Waals surface area contributed by atoms with Gasteiger partial charge in [0.15, 0.2) is 5.16 Å². The van der Waals surface area contributed by atoms with Crippen LogP contribution in [0, 0.1) is 0 Å². The van der Waals surface area contributed by atoms with Crippen molar-refractivity contribution in [2.45, 2.75) is 43.6 Å². The van der Waals surface area contributed by atoms with Gasteiger partial charge in [-0.2, -0.15) is 0 Å². The fourth-order valence-corrected chi connectivity index (χ4v) is 4.74. The van der Waals surface area contributed by atoms with Gasteiger partial charge in [0.1, 0.15) is 0 Å². The van der Waals surface area contributed by atoms with Crippen LogP contribution in [0.1, 0.15) is 42.6 Å². The lowest BCUT2D eigenvalue weighted by molar-refractivity contribution is 0.0913. The van der Waals surface area contributed by atoms with E-state index < -0.39 is 0 Å². The molecule has 6 heteroatoms. The second-order valence-corrected chi connectivity index (χ2v) is 9.30. The molecule has 1 amide bonds. The number of fused-ring (bicyclic) bond motifs is 1. The molecule has 162 valence electrons. The van der Waals surface area contributed by atoms with Gasteiger partial charge in [0, 0.05) is 37.0 Å². The number of piperidine rings is 1. The number of H-pyrrole nitrogens is 1. The number of likely N-dealkylation sites (tertiary alicyclic amines) is 1. The van der Waals surface area contributed by atoms with Crippen molar-refractivity contribution in [3.05, 3.63) is 71.3 Å². The normalized spacial score (nSPS) is 15.2. The fraction of sp³-hybridized carbons (Fsp3) is 0.360. The van der Waals surface area contributed by atoms with E-state index in [4.69, 9.17) is 0 Å². The first-order valence-electron chi connectivity index (χ1n) is 10.9. The minimum atomic E-state index is 0.0311. The molecule has 0 atom stereocenters. The summed E-state index contributed by atoms with van der Waals surface area (Å²) in [6.07, 6.45) is 4.27. The van der Waals surface area contributed by atoms with Crippen LogP contribution in [0.15, 0.2) is 65.3 Å². The van der Waals surface area contributed by atoms with Crippen LogP contribution in [-0.2, 0) is 5.75 Å². The smallest absolute Gasteiger partial charge is 0.251 e. The summed E-state index contributed by atoms with van der Waals surface area (Å²) in [6.45, 7) is 7.33. The SMILES string of the molecule is CC(C)=CCN1CCC(NC(=O)c2ccccc2CSc2nc3ccccc3[nH]2)CC1. The number of aromatic amines is 1. The number of rotatable bonds is 7. The van der Waals surface area contributed by atoms with Crippen LogP contribution in [0.4, 0.5) is 0 Å². The van der Waals surface area contributed by atoms with E-state index in [0.29, 0.717) is 5.75 Å². The van der Waals surface area contributed by atoms with Crippen molar-refractivity contribution >= 4 is 28.7 Å². The Hall–Kier alpha value is -2.57. The molecule has 31 heavy (non-hydrogen) atoms. The molecule has 1 fully saturated rings. The predicted molar refractivity (Wildman–Crippen MR) is 128 cm³/mol. The van der Waals surface area contributed by atoms with Crippen LogP contribution < -0.4 is 5.32 Å². The number of hydrogen-bond donors (Lipinski definition) is 2. The molecule has 1 aromatic heterocycles. The molecule has 1 aliphatic heterocycles. The Morgan fingerprint density at radius 1 is 1.16 bits per heavy atom. The zero-order valence-corrected chi connectivity index (χ0v) is 19.0. The summed E-state index contributed by atoms with van der Waals surface area (Å²) in [5.41, 5.74) is 5.15. The summed E-state index contributed by atoms with van der Waals surface area (Å²) in [5.74, 6) is 0.730. The molecule has 3 aromatic rings. The van der Waals surface area contributed by atoms with Gasteiger partial charge in [-0.3, -0.25) is 9.69 Å². The van der Waals surface area contributed by atoms with Gasteiger partial charge < -0.3 is 10.3 Å². The van der Waals surface area contributed by atoms with Crippen molar-refractivity contribution in [1.82, 2.24) is 20.2 Å². The van der Waals surface area contributed by atoms with Crippen LogP contribution >= 0.6 is 11.8 Å². The zero-order valence-electron chi connectivity index (χ0n) is 18.2. The average molecular weight is 435 g/mol. The molecule has 4 rings (SSSR count). The third-order valence-electron chi connectivity index (χ3n) is 5.67. The van der Waals surface area contributed by atoms with Crippen LogP contribution in [0.2, 0.25) is 0 Å². The summed E-state index contributed by atoms with van der Waals surface area (Å²) < 4.78 is 0. The maximum absolute atomic E-state index is 13.0. The lowest BCUT2D eigenvalue weighted by Gasteiger charge is -2.31. The van der Waals surface area contributed by atoms with E-state index in [1.54, 1.807) is 11.8 Å². The molecular weight excluding hydrogens is 404 g/mol. The predicted octanol–water partition coefficient (Wildman–Crippen LogP) is 5.02. The minimum Gasteiger partial charge on any atom is -0.349 e. The molecule has 1 saturated heterocycles. The number of carbonyl (C=O) groups excluding carboxylic acids is 1. The van der Waals surface area contributed by atoms with Gasteiger partial charge in [-0.15, -0.1) is 0 Å². The Morgan fingerprint density at radius 3 is 2.68 bits per heavy atom. The van der Waals surface area contributed by atoms with Crippen molar-refractivity contribution < 1.29 is 4.79 Å². The number of thioether (sulfide) groups is 1. The summed E-state index contributed by atoms with van der Waals surface area (Å²) in [7, 11) is 0. The summed E-state index contributed by atoms with van der Waals surface area (Å²) in [4.78, 5) is 23.4. The number of imidazole rings is 1. The topological polar surface area (TPSA) is 61.0 Å². The number of benzene rings is 2. The average Bonchev–Trinajstić information content (AvgIpc) is 3.20. The molecule has 0 radical (unpaired) electrons. The van der Waals surface area contributed by atoms with E-state index in [9.17, 15) is 4.79 Å². The Balaban J connectivity index is 1.34. The third-order valence-corrected chi connectivity index (χ3v) is 6.60. The second-order valence-electron chi connectivity index (χ2n) is 8.33. The molecule has 0 unspecified atom stereocenters. The van der Waals surface area contributed by atoms with Crippen molar-refractivity contribution in [3.8, 4) is 0 Å². The fourth-order valence-electron chi connectivity index (χ4n) is 3.85. The summed E-state index contributed by atoms with van der Waals surface area (Å²) >= 11 is 1.63. The Labute approximate surface area is 188 Å². The summed E-state index contributed by atoms with van der Waals surface area (Å²) in [5, 5.41) is 4.14. The van der Waals surface area contributed by atoms with E-state index in [-0.39, 0.29) is 11.9 Å². The molecule has 0 saturated carbocycles. The number of aromatic nitrogens is 2. The Kier molecular flexibility index (Phi) is 7.10. The van der Waals surface area contributed by atoms with Gasteiger partial charge in [0.25, 0.3) is 5.91 Å². The lowest BCUT2D eigenvalue weighted by Crippen LogP contribution is -2.44. The van der Waals surface area contributed by atoms with E-state index >= 15 is 0 Å². The number of amides is 1. The zero-order chi connectivity index (χ0) is 21.6. The highest BCUT2D eigenvalue weighted by Gasteiger charge is 2.21. The first kappa shape index (κ1) is 21.7. The Morgan fingerprint density at radius 2 is 1.90 bits per heavy atom. The third kappa shape index (κ3) is 5.77. The van der Waals surface area contributed by atoms with Crippen LogP contribution in [-0.4, -0.2) is 46.5 Å². The quantitative estimate of drug-likeness (QED) is 0.405. The first-order valence-corrected chi connectivity index (χ1v) is 11.9. The second kappa shape index (κ2) is 10.2. The molecule has 1 aliphatic rings. The van der Waals surface area contributed by atoms with Gasteiger partial charge in [-0.1, -0.05) is 53.7 Å². The molecule has 2 aromatic carbocycles. The van der Waals surface area contributed by atoms with Gasteiger partial charge in [0.05, 0.1) is 11.0 Å². The minimum absolute atomic E-state index is 0.0311. The number of hydrogen-bond acceptors (Lipinski definition) is 4. The highest BCUT2D eigenvalue weighted by molar-refractivity contribution is 7.98. The lowest BCUT2D eigenvalue weighted by atomic mass is 10.0. The standard InChI is InChI=1S/C25H30N4OS/c1-18(2)11-14-29-15-12-20(13-16-29)26-24(30)21-8-4-3-7-19(21)17-31-25-27-22-9-5-6-10-23(22)28-25/h3-11,20H,12-17H2,1-2H3,(H,26,30)(H,27,28). The van der Waals surface area contributed by atoms with Crippen molar-refractivity contribution in [3.63, 3.8) is 0 Å². The Bertz CT molecular complexity index is 1030. The van der Waals surface area contributed by atoms with Crippen LogP contribution in [0.3, 0.4) is 0 Å². The van der Waals surface area contributed by atoms with Gasteiger partial charge in [-0.25, -0.2) is 4.98 Å². The molecule has 2 N–H and O–H groups in total. The number of nitrogens with zero attached hydrogens (tertiary/aromatic N) is 2. The number of nitrogens with one attached hydrogen (secondary N) is 2. The van der Waals surface area contributed by atoms with E-state index in [1.165, 1.54) is 5.57 Å². The van der Waals surface area contributed by atoms with Crippen molar-refractivity contribution in [2.24, 2.45) is 0 Å².